The zero-order chi connectivity index (χ0) is 34.3. The Morgan fingerprint density at radius 2 is 1.14 bits per heavy atom. The second-order valence-corrected chi connectivity index (χ2v) is 12.3. The third-order valence-electron chi connectivity index (χ3n) is 9.19. The lowest BCUT2D eigenvalue weighted by Gasteiger charge is -2.18. The summed E-state index contributed by atoms with van der Waals surface area (Å²) < 4.78 is 2.27. The van der Waals surface area contributed by atoms with Gasteiger partial charge in [0.05, 0.1) is 5.52 Å². The minimum absolute atomic E-state index is 1.17. The van der Waals surface area contributed by atoms with Crippen molar-refractivity contribution in [2.45, 2.75) is 41.5 Å². The van der Waals surface area contributed by atoms with Gasteiger partial charge in [-0.05, 0) is 125 Å². The third kappa shape index (κ3) is 6.84. The van der Waals surface area contributed by atoms with E-state index >= 15 is 0 Å². The van der Waals surface area contributed by atoms with Crippen molar-refractivity contribution in [1.82, 2.24) is 4.57 Å². The summed E-state index contributed by atoms with van der Waals surface area (Å²) in [7, 11) is 0. The highest BCUT2D eigenvalue weighted by Gasteiger charge is 2.15. The van der Waals surface area contributed by atoms with Crippen molar-refractivity contribution < 1.29 is 0 Å². The molecule has 1 heterocycles. The SMILES string of the molecule is C/C=C/c1ccc2c(ccn2-c2ccc(-c3ccc(C)c(-c4c(C)c5ccccc5c5ccccc45)c3)cc2)c1.CC.Cc1ccccc1. The molecule has 0 unspecified atom stereocenters. The number of aryl methyl sites for hydroxylation is 3. The second-order valence-electron chi connectivity index (χ2n) is 12.3. The lowest BCUT2D eigenvalue weighted by atomic mass is 9.86. The number of aromatic nitrogens is 1. The number of hydrogen-bond acceptors (Lipinski definition) is 0. The molecule has 0 radical (unpaired) electrons. The van der Waals surface area contributed by atoms with Crippen LogP contribution in [0.1, 0.15) is 43.0 Å². The van der Waals surface area contributed by atoms with Crippen LogP contribution in [0.5, 0.6) is 0 Å². The van der Waals surface area contributed by atoms with Crippen LogP contribution in [0.2, 0.25) is 0 Å². The van der Waals surface area contributed by atoms with Gasteiger partial charge in [0.1, 0.15) is 0 Å². The van der Waals surface area contributed by atoms with Crippen LogP contribution in [0.3, 0.4) is 0 Å². The summed E-state index contributed by atoms with van der Waals surface area (Å²) >= 11 is 0. The Kier molecular flexibility index (Phi) is 10.2. The Balaban J connectivity index is 0.000000409. The Bertz CT molecular complexity index is 2370. The molecule has 1 nitrogen and oxygen atoms in total. The fraction of sp³-hybridized carbons (Fsp3) is 0.125. The van der Waals surface area contributed by atoms with Gasteiger partial charge in [0.25, 0.3) is 0 Å². The Morgan fingerprint density at radius 1 is 0.531 bits per heavy atom. The summed E-state index contributed by atoms with van der Waals surface area (Å²) in [5, 5.41) is 6.51. The van der Waals surface area contributed by atoms with Crippen LogP contribution in [0.15, 0.2) is 158 Å². The zero-order valence-electron chi connectivity index (χ0n) is 29.5. The first-order valence-corrected chi connectivity index (χ1v) is 17.4. The van der Waals surface area contributed by atoms with Gasteiger partial charge in [-0.3, -0.25) is 0 Å². The number of hydrogen-bond donors (Lipinski definition) is 0. The van der Waals surface area contributed by atoms with E-state index in [9.17, 15) is 0 Å². The molecule has 49 heavy (non-hydrogen) atoms. The largest absolute Gasteiger partial charge is 0.317 e. The van der Waals surface area contributed by atoms with E-state index in [1.54, 1.807) is 0 Å². The molecule has 0 saturated heterocycles. The quantitative estimate of drug-likeness (QED) is 0.170. The summed E-state index contributed by atoms with van der Waals surface area (Å²) in [5.41, 5.74) is 12.7. The van der Waals surface area contributed by atoms with Crippen LogP contribution in [0.25, 0.3) is 66.5 Å². The highest BCUT2D eigenvalue weighted by molar-refractivity contribution is 6.16. The smallest absolute Gasteiger partial charge is 0.0528 e. The van der Waals surface area contributed by atoms with E-state index in [0.29, 0.717) is 0 Å². The minimum atomic E-state index is 1.17. The van der Waals surface area contributed by atoms with Gasteiger partial charge < -0.3 is 4.57 Å². The van der Waals surface area contributed by atoms with Gasteiger partial charge in [0.2, 0.25) is 0 Å². The van der Waals surface area contributed by atoms with Crippen molar-refractivity contribution in [3.8, 4) is 27.9 Å². The number of allylic oxidation sites excluding steroid dienone is 1. The van der Waals surface area contributed by atoms with Crippen molar-refractivity contribution in [1.29, 1.82) is 0 Å². The molecule has 0 fully saturated rings. The number of fused-ring (bicyclic) bond motifs is 4. The standard InChI is InChI=1S/C39H31N.C7H8.C2H6/c1-4-9-28-15-21-38-31(24-28)22-23-40(38)32-19-17-29(18-20-32)30-16-14-26(2)37(25-30)39-27(3)33-10-5-6-11-34(33)35-12-7-8-13-36(35)39;1-7-5-3-2-4-6-7;1-2/h4-25H,1-3H3;2-6H,1H3;1-2H3/b9-4+;;. The molecular formula is C48H45N. The van der Waals surface area contributed by atoms with E-state index < -0.39 is 0 Å². The van der Waals surface area contributed by atoms with Crippen LogP contribution < -0.4 is 0 Å². The fourth-order valence-electron chi connectivity index (χ4n) is 6.77. The Labute approximate surface area is 291 Å². The molecule has 8 rings (SSSR count). The van der Waals surface area contributed by atoms with E-state index in [4.69, 9.17) is 0 Å². The van der Waals surface area contributed by atoms with Crippen LogP contribution >= 0.6 is 0 Å². The van der Waals surface area contributed by atoms with Gasteiger partial charge in [0.15, 0.2) is 0 Å². The van der Waals surface area contributed by atoms with Crippen molar-refractivity contribution >= 4 is 38.5 Å². The number of nitrogens with zero attached hydrogens (tertiary/aromatic N) is 1. The van der Waals surface area contributed by atoms with E-state index in [2.05, 4.69) is 178 Å². The fourth-order valence-corrected chi connectivity index (χ4v) is 6.77. The van der Waals surface area contributed by atoms with Gasteiger partial charge in [-0.1, -0.05) is 141 Å². The van der Waals surface area contributed by atoms with Gasteiger partial charge in [-0.2, -0.15) is 0 Å². The van der Waals surface area contributed by atoms with Gasteiger partial charge in [-0.25, -0.2) is 0 Å². The lowest BCUT2D eigenvalue weighted by molar-refractivity contribution is 1.13. The van der Waals surface area contributed by atoms with Gasteiger partial charge in [0, 0.05) is 17.3 Å². The molecule has 0 bridgehead atoms. The molecule has 1 aromatic heterocycles. The van der Waals surface area contributed by atoms with Crippen molar-refractivity contribution in [2.24, 2.45) is 0 Å². The Morgan fingerprint density at radius 3 is 1.80 bits per heavy atom. The molecule has 0 N–H and O–H groups in total. The summed E-state index contributed by atoms with van der Waals surface area (Å²) in [6.45, 7) is 12.6. The van der Waals surface area contributed by atoms with Crippen LogP contribution in [0.4, 0.5) is 0 Å². The maximum absolute atomic E-state index is 2.38. The van der Waals surface area contributed by atoms with E-state index in [1.807, 2.05) is 32.0 Å². The number of benzene rings is 7. The maximum atomic E-state index is 2.38. The van der Waals surface area contributed by atoms with Gasteiger partial charge >= 0.3 is 0 Å². The van der Waals surface area contributed by atoms with E-state index in [0.717, 1.165) is 0 Å². The predicted molar refractivity (Wildman–Crippen MR) is 216 cm³/mol. The molecule has 0 aliphatic rings. The average Bonchev–Trinajstić information content (AvgIpc) is 3.57. The maximum Gasteiger partial charge on any atom is 0.0528 e. The molecule has 0 aliphatic carbocycles. The van der Waals surface area contributed by atoms with Crippen LogP contribution in [0, 0.1) is 20.8 Å². The number of rotatable bonds is 4. The summed E-state index contributed by atoms with van der Waals surface area (Å²) in [6, 6.07) is 52.5. The molecule has 0 atom stereocenters. The van der Waals surface area contributed by atoms with Crippen LogP contribution in [-0.2, 0) is 0 Å². The van der Waals surface area contributed by atoms with Crippen molar-refractivity contribution in [2.75, 3.05) is 0 Å². The summed E-state index contributed by atoms with van der Waals surface area (Å²) in [6.07, 6.45) is 6.39. The van der Waals surface area contributed by atoms with Crippen molar-refractivity contribution in [3.05, 3.63) is 180 Å². The third-order valence-corrected chi connectivity index (χ3v) is 9.19. The molecule has 0 saturated carbocycles. The molecule has 0 spiro atoms. The normalized spacial score (nSPS) is 11.0. The minimum Gasteiger partial charge on any atom is -0.317 e. The van der Waals surface area contributed by atoms with E-state index in [-0.39, 0.29) is 0 Å². The molecule has 0 amide bonds. The Hall–Kier alpha value is -5.66. The first kappa shape index (κ1) is 33.2. The molecular weight excluding hydrogens is 591 g/mol. The molecule has 0 aliphatic heterocycles. The first-order chi connectivity index (χ1) is 24.0. The average molecular weight is 636 g/mol. The topological polar surface area (TPSA) is 4.93 Å². The first-order valence-electron chi connectivity index (χ1n) is 17.4. The highest BCUT2D eigenvalue weighted by atomic mass is 15.0. The monoisotopic (exact) mass is 635 g/mol. The zero-order valence-corrected chi connectivity index (χ0v) is 29.5. The summed E-state index contributed by atoms with van der Waals surface area (Å²) in [5.74, 6) is 0. The molecule has 242 valence electrons. The second kappa shape index (κ2) is 15.0. The summed E-state index contributed by atoms with van der Waals surface area (Å²) in [4.78, 5) is 0. The predicted octanol–water partition coefficient (Wildman–Crippen LogP) is 13.9. The van der Waals surface area contributed by atoms with Crippen molar-refractivity contribution in [3.63, 3.8) is 0 Å². The van der Waals surface area contributed by atoms with Crippen LogP contribution in [-0.4, -0.2) is 4.57 Å². The van der Waals surface area contributed by atoms with Gasteiger partial charge in [-0.15, -0.1) is 0 Å². The lowest BCUT2D eigenvalue weighted by Crippen LogP contribution is -1.94. The molecule has 8 aromatic rings. The molecule has 1 heteroatoms. The van der Waals surface area contributed by atoms with E-state index in [1.165, 1.54) is 82.6 Å². The highest BCUT2D eigenvalue weighted by Crippen LogP contribution is 2.41. The molecule has 7 aromatic carbocycles.